The zero-order valence-corrected chi connectivity index (χ0v) is 9.67. The van der Waals surface area contributed by atoms with Crippen LogP contribution >= 0.6 is 11.6 Å². The maximum absolute atomic E-state index is 13.4. The van der Waals surface area contributed by atoms with Crippen molar-refractivity contribution in [2.45, 2.75) is 13.5 Å². The van der Waals surface area contributed by atoms with Crippen molar-refractivity contribution >= 4 is 17.6 Å². The fourth-order valence-corrected chi connectivity index (χ4v) is 1.52. The Morgan fingerprint density at radius 3 is 2.75 bits per heavy atom. The maximum Gasteiger partial charge on any atom is 0.317 e. The van der Waals surface area contributed by atoms with Crippen molar-refractivity contribution in [3.63, 3.8) is 0 Å². The van der Waals surface area contributed by atoms with Crippen LogP contribution in [0.4, 0.5) is 4.39 Å². The van der Waals surface area contributed by atoms with Crippen molar-refractivity contribution in [2.24, 2.45) is 0 Å². The number of carbonyl (C=O) groups is 1. The van der Waals surface area contributed by atoms with Crippen molar-refractivity contribution in [3.8, 4) is 0 Å². The quantitative estimate of drug-likeness (QED) is 0.866. The first-order valence-electron chi connectivity index (χ1n) is 4.91. The van der Waals surface area contributed by atoms with Crippen LogP contribution in [0.3, 0.4) is 0 Å². The van der Waals surface area contributed by atoms with E-state index in [0.717, 1.165) is 0 Å². The summed E-state index contributed by atoms with van der Waals surface area (Å²) in [7, 11) is 0. The largest absolute Gasteiger partial charge is 0.480 e. The highest BCUT2D eigenvalue weighted by atomic mass is 35.5. The van der Waals surface area contributed by atoms with E-state index in [4.69, 9.17) is 16.7 Å². The first kappa shape index (κ1) is 12.9. The van der Waals surface area contributed by atoms with Gasteiger partial charge in [-0.3, -0.25) is 9.69 Å². The van der Waals surface area contributed by atoms with Gasteiger partial charge in [0.25, 0.3) is 0 Å². The van der Waals surface area contributed by atoms with Gasteiger partial charge in [0, 0.05) is 17.1 Å². The Labute approximate surface area is 98.4 Å². The molecule has 0 unspecified atom stereocenters. The molecule has 0 heterocycles. The molecule has 0 fully saturated rings. The van der Waals surface area contributed by atoms with Gasteiger partial charge in [-0.15, -0.1) is 0 Å². The number of rotatable bonds is 5. The fraction of sp³-hybridized carbons (Fsp3) is 0.364. The fourth-order valence-electron chi connectivity index (χ4n) is 1.36. The maximum atomic E-state index is 13.4. The predicted molar refractivity (Wildman–Crippen MR) is 60.0 cm³/mol. The minimum Gasteiger partial charge on any atom is -0.480 e. The van der Waals surface area contributed by atoms with Crippen molar-refractivity contribution in [2.75, 3.05) is 13.1 Å². The molecule has 3 nitrogen and oxygen atoms in total. The van der Waals surface area contributed by atoms with Gasteiger partial charge >= 0.3 is 5.97 Å². The smallest absolute Gasteiger partial charge is 0.317 e. The molecule has 1 aromatic rings. The van der Waals surface area contributed by atoms with Crippen molar-refractivity contribution in [1.82, 2.24) is 4.90 Å². The summed E-state index contributed by atoms with van der Waals surface area (Å²) < 4.78 is 13.4. The summed E-state index contributed by atoms with van der Waals surface area (Å²) in [5.74, 6) is -1.33. The molecule has 0 aromatic heterocycles. The number of carboxylic acids is 1. The normalized spacial score (nSPS) is 10.8. The average Bonchev–Trinajstić information content (AvgIpc) is 2.20. The molecule has 0 atom stereocenters. The third-order valence-electron chi connectivity index (χ3n) is 2.22. The molecule has 1 aromatic carbocycles. The molecule has 1 N–H and O–H groups in total. The van der Waals surface area contributed by atoms with Gasteiger partial charge in [0.15, 0.2) is 0 Å². The highest BCUT2D eigenvalue weighted by Gasteiger charge is 2.11. The van der Waals surface area contributed by atoms with E-state index in [1.165, 1.54) is 6.07 Å². The van der Waals surface area contributed by atoms with Gasteiger partial charge in [-0.2, -0.15) is 0 Å². The van der Waals surface area contributed by atoms with Crippen LogP contribution in [0.15, 0.2) is 18.2 Å². The molecule has 0 aliphatic rings. The predicted octanol–water partition coefficient (Wildman–Crippen LogP) is 2.39. The van der Waals surface area contributed by atoms with Crippen LogP contribution in [0, 0.1) is 5.82 Å². The van der Waals surface area contributed by atoms with Crippen LogP contribution in [0.25, 0.3) is 0 Å². The number of aliphatic carboxylic acids is 1. The lowest BCUT2D eigenvalue weighted by Crippen LogP contribution is -2.29. The Bertz CT molecular complexity index is 384. The number of halogens is 2. The second-order valence-corrected chi connectivity index (χ2v) is 3.87. The molecule has 0 bridgehead atoms. The molecule has 0 aliphatic carbocycles. The first-order chi connectivity index (χ1) is 7.52. The van der Waals surface area contributed by atoms with Crippen LogP contribution in [0.2, 0.25) is 5.02 Å². The summed E-state index contributed by atoms with van der Waals surface area (Å²) >= 11 is 5.62. The molecule has 0 saturated carbocycles. The Balaban J connectivity index is 2.73. The summed E-state index contributed by atoms with van der Waals surface area (Å²) in [4.78, 5) is 12.2. The minimum absolute atomic E-state index is 0.0986. The molecule has 88 valence electrons. The van der Waals surface area contributed by atoms with Gasteiger partial charge in [-0.25, -0.2) is 4.39 Å². The Hall–Kier alpha value is -1.13. The van der Waals surface area contributed by atoms with E-state index in [2.05, 4.69) is 0 Å². The van der Waals surface area contributed by atoms with E-state index < -0.39 is 11.8 Å². The summed E-state index contributed by atoms with van der Waals surface area (Å²) in [6.07, 6.45) is 0. The van der Waals surface area contributed by atoms with Crippen LogP contribution < -0.4 is 0 Å². The van der Waals surface area contributed by atoms with E-state index in [-0.39, 0.29) is 13.1 Å². The van der Waals surface area contributed by atoms with Crippen LogP contribution in [-0.2, 0) is 11.3 Å². The summed E-state index contributed by atoms with van der Waals surface area (Å²) in [6.45, 7) is 2.55. The van der Waals surface area contributed by atoms with Crippen LogP contribution in [0.1, 0.15) is 12.5 Å². The Kier molecular flexibility index (Phi) is 4.71. The zero-order valence-electron chi connectivity index (χ0n) is 8.91. The van der Waals surface area contributed by atoms with Gasteiger partial charge in [0.2, 0.25) is 0 Å². The highest BCUT2D eigenvalue weighted by Crippen LogP contribution is 2.16. The molecule has 0 saturated heterocycles. The summed E-state index contributed by atoms with van der Waals surface area (Å²) in [6, 6.07) is 4.39. The third-order valence-corrected chi connectivity index (χ3v) is 2.45. The molecule has 0 amide bonds. The Morgan fingerprint density at radius 2 is 2.25 bits per heavy atom. The number of hydrogen-bond donors (Lipinski definition) is 1. The molecule has 0 spiro atoms. The van der Waals surface area contributed by atoms with Crippen LogP contribution in [0.5, 0.6) is 0 Å². The minimum atomic E-state index is -0.920. The van der Waals surface area contributed by atoms with Gasteiger partial charge < -0.3 is 5.11 Å². The zero-order chi connectivity index (χ0) is 12.1. The van der Waals surface area contributed by atoms with Gasteiger partial charge in [-0.1, -0.05) is 24.6 Å². The molecule has 1 rings (SSSR count). The second kappa shape index (κ2) is 5.82. The van der Waals surface area contributed by atoms with E-state index >= 15 is 0 Å². The summed E-state index contributed by atoms with van der Waals surface area (Å²) in [5, 5.41) is 8.99. The lowest BCUT2D eigenvalue weighted by atomic mass is 10.2. The van der Waals surface area contributed by atoms with Crippen molar-refractivity contribution in [1.29, 1.82) is 0 Å². The second-order valence-electron chi connectivity index (χ2n) is 3.43. The SMILES string of the molecule is CCN(CC(=O)O)Cc1ccc(Cl)cc1F. The Morgan fingerprint density at radius 1 is 1.56 bits per heavy atom. The van der Waals surface area contributed by atoms with Crippen molar-refractivity contribution in [3.05, 3.63) is 34.6 Å². The number of likely N-dealkylation sites (N-methyl/N-ethyl adjacent to an activating group) is 1. The van der Waals surface area contributed by atoms with E-state index in [1.54, 1.807) is 17.0 Å². The topological polar surface area (TPSA) is 40.5 Å². The standard InChI is InChI=1S/C11H13ClFNO2/c1-2-14(7-11(15)16)6-8-3-4-9(12)5-10(8)13/h3-5H,2,6-7H2,1H3,(H,15,16). The molecular formula is C11H13ClFNO2. The van der Waals surface area contributed by atoms with E-state index in [0.29, 0.717) is 17.1 Å². The van der Waals surface area contributed by atoms with E-state index in [1.807, 2.05) is 6.92 Å². The first-order valence-corrected chi connectivity index (χ1v) is 5.28. The van der Waals surface area contributed by atoms with Gasteiger partial charge in [0.05, 0.1) is 6.54 Å². The lowest BCUT2D eigenvalue weighted by Gasteiger charge is -2.18. The highest BCUT2D eigenvalue weighted by molar-refractivity contribution is 6.30. The van der Waals surface area contributed by atoms with Crippen LogP contribution in [-0.4, -0.2) is 29.1 Å². The molecule has 16 heavy (non-hydrogen) atoms. The monoisotopic (exact) mass is 245 g/mol. The third kappa shape index (κ3) is 3.79. The number of hydrogen-bond acceptors (Lipinski definition) is 2. The number of carboxylic acid groups (broad SMARTS) is 1. The number of nitrogens with zero attached hydrogens (tertiary/aromatic N) is 1. The average molecular weight is 246 g/mol. The molecule has 0 radical (unpaired) electrons. The van der Waals surface area contributed by atoms with E-state index in [9.17, 15) is 9.18 Å². The molecule has 5 heteroatoms. The molecule has 0 aliphatic heterocycles. The molecular weight excluding hydrogens is 233 g/mol. The number of benzene rings is 1. The van der Waals surface area contributed by atoms with Gasteiger partial charge in [-0.05, 0) is 18.7 Å². The van der Waals surface area contributed by atoms with Crippen molar-refractivity contribution < 1.29 is 14.3 Å². The lowest BCUT2D eigenvalue weighted by molar-refractivity contribution is -0.138. The van der Waals surface area contributed by atoms with Gasteiger partial charge in [0.1, 0.15) is 5.82 Å². The summed E-state index contributed by atoms with van der Waals surface area (Å²) in [5.41, 5.74) is 0.451.